The van der Waals surface area contributed by atoms with Crippen molar-refractivity contribution in [2.45, 2.75) is 11.8 Å². The van der Waals surface area contributed by atoms with Gasteiger partial charge in [-0.2, -0.15) is 4.31 Å². The summed E-state index contributed by atoms with van der Waals surface area (Å²) in [6.45, 7) is 2.72. The zero-order valence-electron chi connectivity index (χ0n) is 19.7. The van der Waals surface area contributed by atoms with Gasteiger partial charge in [-0.05, 0) is 48.9 Å². The normalized spacial score (nSPS) is 14.1. The van der Waals surface area contributed by atoms with E-state index in [4.69, 9.17) is 9.47 Å². The number of amides is 1. The van der Waals surface area contributed by atoms with Crippen molar-refractivity contribution in [1.29, 1.82) is 0 Å². The molecule has 0 atom stereocenters. The van der Waals surface area contributed by atoms with Crippen molar-refractivity contribution in [1.82, 2.24) is 4.31 Å². The van der Waals surface area contributed by atoms with Crippen LogP contribution in [0.2, 0.25) is 0 Å². The number of benzene rings is 3. The molecule has 192 valence electrons. The van der Waals surface area contributed by atoms with Gasteiger partial charge in [0.1, 0.15) is 5.75 Å². The SMILES string of the molecule is Cc1ccc(C(=O)Oc2cccc(NC(=O)c3ccc([N+](=O)[O-])cc3)c2)cc1S(=O)(=O)N1CCOCC1. The molecule has 1 N–H and O–H groups in total. The molecule has 1 aliphatic heterocycles. The molecule has 37 heavy (non-hydrogen) atoms. The smallest absolute Gasteiger partial charge is 0.343 e. The summed E-state index contributed by atoms with van der Waals surface area (Å²) in [5, 5.41) is 13.4. The van der Waals surface area contributed by atoms with E-state index in [2.05, 4.69) is 5.32 Å². The Morgan fingerprint density at radius 2 is 1.68 bits per heavy atom. The van der Waals surface area contributed by atoms with E-state index in [1.54, 1.807) is 25.1 Å². The highest BCUT2D eigenvalue weighted by molar-refractivity contribution is 7.89. The summed E-state index contributed by atoms with van der Waals surface area (Å²) in [5.41, 5.74) is 0.953. The van der Waals surface area contributed by atoms with Gasteiger partial charge in [-0.1, -0.05) is 12.1 Å². The van der Waals surface area contributed by atoms with Crippen LogP contribution in [0.4, 0.5) is 11.4 Å². The van der Waals surface area contributed by atoms with Gasteiger partial charge >= 0.3 is 5.97 Å². The molecule has 0 radical (unpaired) electrons. The largest absolute Gasteiger partial charge is 0.423 e. The third-order valence-corrected chi connectivity index (χ3v) is 7.70. The average molecular weight is 526 g/mol. The number of nitro groups is 1. The van der Waals surface area contributed by atoms with Crippen LogP contribution in [0.1, 0.15) is 26.3 Å². The Bertz CT molecular complexity index is 1450. The number of nitrogens with one attached hydrogen (secondary N) is 1. The number of morpholine rings is 1. The third-order valence-electron chi connectivity index (χ3n) is 5.65. The van der Waals surface area contributed by atoms with E-state index in [0.717, 1.165) is 0 Å². The molecule has 3 aromatic carbocycles. The summed E-state index contributed by atoms with van der Waals surface area (Å²) in [6, 6.07) is 15.5. The van der Waals surface area contributed by atoms with Crippen molar-refractivity contribution in [3.8, 4) is 5.75 Å². The first kappa shape index (κ1) is 25.9. The fraction of sp³-hybridized carbons (Fsp3) is 0.200. The molecule has 1 heterocycles. The van der Waals surface area contributed by atoms with Gasteiger partial charge in [0.25, 0.3) is 11.6 Å². The number of hydrogen-bond donors (Lipinski definition) is 1. The summed E-state index contributed by atoms with van der Waals surface area (Å²) in [4.78, 5) is 35.6. The zero-order chi connectivity index (χ0) is 26.6. The zero-order valence-corrected chi connectivity index (χ0v) is 20.6. The first-order valence-electron chi connectivity index (χ1n) is 11.2. The van der Waals surface area contributed by atoms with Crippen LogP contribution in [0, 0.1) is 17.0 Å². The standard InChI is InChI=1S/C25H23N3O8S/c1-17-5-6-19(15-23(17)37(33,34)27-11-13-35-14-12-27)25(30)36-22-4-2-3-20(16-22)26-24(29)18-7-9-21(10-8-18)28(31)32/h2-10,15-16H,11-14H2,1H3,(H,26,29). The van der Waals surface area contributed by atoms with Gasteiger partial charge in [-0.3, -0.25) is 14.9 Å². The Hall–Kier alpha value is -4.13. The topological polar surface area (TPSA) is 145 Å². The predicted molar refractivity (Wildman–Crippen MR) is 133 cm³/mol. The predicted octanol–water partition coefficient (Wildman–Crippen LogP) is 3.40. The van der Waals surface area contributed by atoms with Crippen molar-refractivity contribution in [2.24, 2.45) is 0 Å². The van der Waals surface area contributed by atoms with Crippen molar-refractivity contribution >= 4 is 33.3 Å². The van der Waals surface area contributed by atoms with E-state index in [1.807, 2.05) is 0 Å². The molecule has 1 aliphatic rings. The lowest BCUT2D eigenvalue weighted by Gasteiger charge is -2.26. The summed E-state index contributed by atoms with van der Waals surface area (Å²) in [6.07, 6.45) is 0. The summed E-state index contributed by atoms with van der Waals surface area (Å²) >= 11 is 0. The molecule has 0 saturated carbocycles. The van der Waals surface area contributed by atoms with Crippen LogP contribution in [0.15, 0.2) is 71.6 Å². The molecule has 12 heteroatoms. The maximum Gasteiger partial charge on any atom is 0.343 e. The first-order valence-corrected chi connectivity index (χ1v) is 12.7. The van der Waals surface area contributed by atoms with Crippen LogP contribution < -0.4 is 10.1 Å². The van der Waals surface area contributed by atoms with Crippen LogP contribution in [-0.2, 0) is 14.8 Å². The Labute approximate surface area is 212 Å². The van der Waals surface area contributed by atoms with E-state index < -0.39 is 26.8 Å². The number of aryl methyl sites for hydroxylation is 1. The summed E-state index contributed by atoms with van der Waals surface area (Å²) in [7, 11) is -3.81. The highest BCUT2D eigenvalue weighted by atomic mass is 32.2. The Balaban J connectivity index is 1.48. The van der Waals surface area contributed by atoms with Gasteiger partial charge in [0.05, 0.1) is 28.6 Å². The number of rotatable bonds is 7. The number of ether oxygens (including phenoxy) is 2. The fourth-order valence-corrected chi connectivity index (χ4v) is 5.33. The van der Waals surface area contributed by atoms with Crippen LogP contribution in [0.3, 0.4) is 0 Å². The second kappa shape index (κ2) is 10.9. The fourth-order valence-electron chi connectivity index (χ4n) is 3.67. The highest BCUT2D eigenvalue weighted by Gasteiger charge is 2.28. The molecule has 1 saturated heterocycles. The average Bonchev–Trinajstić information content (AvgIpc) is 2.89. The maximum absolute atomic E-state index is 13.1. The number of sulfonamides is 1. The number of nitrogens with zero attached hydrogens (tertiary/aromatic N) is 2. The van der Waals surface area contributed by atoms with Crippen LogP contribution in [0.5, 0.6) is 5.75 Å². The molecule has 11 nitrogen and oxygen atoms in total. The second-order valence-electron chi connectivity index (χ2n) is 8.17. The number of anilines is 1. The molecule has 0 unspecified atom stereocenters. The van der Waals surface area contributed by atoms with Gasteiger partial charge in [0.15, 0.2) is 0 Å². The monoisotopic (exact) mass is 525 g/mol. The third kappa shape index (κ3) is 6.00. The van der Waals surface area contributed by atoms with Crippen molar-refractivity contribution < 1.29 is 32.4 Å². The number of hydrogen-bond acceptors (Lipinski definition) is 8. The maximum atomic E-state index is 13.1. The van der Waals surface area contributed by atoms with Crippen LogP contribution in [-0.4, -0.2) is 55.8 Å². The molecule has 0 bridgehead atoms. The van der Waals surface area contributed by atoms with E-state index in [1.165, 1.54) is 52.8 Å². The van der Waals surface area contributed by atoms with Crippen LogP contribution >= 0.6 is 0 Å². The van der Waals surface area contributed by atoms with Crippen molar-refractivity contribution in [3.63, 3.8) is 0 Å². The minimum absolute atomic E-state index is 0.0213. The van der Waals surface area contributed by atoms with E-state index in [0.29, 0.717) is 24.5 Å². The lowest BCUT2D eigenvalue weighted by Crippen LogP contribution is -2.40. The molecule has 3 aromatic rings. The molecule has 1 amide bonds. The van der Waals surface area contributed by atoms with Crippen molar-refractivity contribution in [2.75, 3.05) is 31.6 Å². The van der Waals surface area contributed by atoms with E-state index in [-0.39, 0.29) is 40.5 Å². The second-order valence-corrected chi connectivity index (χ2v) is 10.1. The highest BCUT2D eigenvalue weighted by Crippen LogP contribution is 2.24. The summed E-state index contributed by atoms with van der Waals surface area (Å²) < 4.78 is 38.2. The molecule has 0 aliphatic carbocycles. The van der Waals surface area contributed by atoms with Gasteiger partial charge in [0.2, 0.25) is 10.0 Å². The number of non-ortho nitro benzene ring substituents is 1. The number of carbonyl (C=O) groups excluding carboxylic acids is 2. The molecular weight excluding hydrogens is 502 g/mol. The number of carbonyl (C=O) groups is 2. The van der Waals surface area contributed by atoms with E-state index >= 15 is 0 Å². The van der Waals surface area contributed by atoms with Gasteiger partial charge < -0.3 is 14.8 Å². The lowest BCUT2D eigenvalue weighted by molar-refractivity contribution is -0.384. The van der Waals surface area contributed by atoms with Crippen LogP contribution in [0.25, 0.3) is 0 Å². The molecule has 0 spiro atoms. The minimum Gasteiger partial charge on any atom is -0.423 e. The lowest BCUT2D eigenvalue weighted by atomic mass is 10.1. The summed E-state index contributed by atoms with van der Waals surface area (Å²) in [5.74, 6) is -1.14. The molecular formula is C25H23N3O8S. The van der Waals surface area contributed by atoms with E-state index in [9.17, 15) is 28.1 Å². The minimum atomic E-state index is -3.81. The number of nitro benzene ring substituents is 1. The Morgan fingerprint density at radius 1 is 1.00 bits per heavy atom. The molecule has 1 fully saturated rings. The van der Waals surface area contributed by atoms with Gasteiger partial charge in [0, 0.05) is 42.5 Å². The number of esters is 1. The first-order chi connectivity index (χ1) is 17.6. The van der Waals surface area contributed by atoms with Gasteiger partial charge in [-0.15, -0.1) is 0 Å². The molecule has 0 aromatic heterocycles. The molecule has 4 rings (SSSR count). The van der Waals surface area contributed by atoms with Crippen molar-refractivity contribution in [3.05, 3.63) is 93.5 Å². The Kier molecular flexibility index (Phi) is 7.62. The van der Waals surface area contributed by atoms with Gasteiger partial charge in [-0.25, -0.2) is 13.2 Å². The Morgan fingerprint density at radius 3 is 2.35 bits per heavy atom. The quantitative estimate of drug-likeness (QED) is 0.214.